The zero-order valence-electron chi connectivity index (χ0n) is 15.1. The van der Waals surface area contributed by atoms with E-state index in [9.17, 15) is 9.59 Å². The number of carbonyl (C=O) groups is 1. The van der Waals surface area contributed by atoms with Gasteiger partial charge in [-0.3, -0.25) is 15.1 Å². The van der Waals surface area contributed by atoms with Gasteiger partial charge < -0.3 is 4.74 Å². The van der Waals surface area contributed by atoms with Crippen LogP contribution in [0.15, 0.2) is 16.9 Å². The molecule has 0 radical (unpaired) electrons. The fraction of sp³-hybridized carbons (Fsp3) is 0.294. The maximum absolute atomic E-state index is 12.2. The van der Waals surface area contributed by atoms with E-state index in [2.05, 4.69) is 20.4 Å². The van der Waals surface area contributed by atoms with E-state index >= 15 is 0 Å². The summed E-state index contributed by atoms with van der Waals surface area (Å²) in [5.74, 6) is 0.265. The lowest BCUT2D eigenvalue weighted by atomic mass is 10.0. The van der Waals surface area contributed by atoms with Crippen LogP contribution in [-0.4, -0.2) is 32.8 Å². The minimum atomic E-state index is -0.509. The fourth-order valence-electron chi connectivity index (χ4n) is 2.63. The highest BCUT2D eigenvalue weighted by atomic mass is 32.1. The van der Waals surface area contributed by atoms with Crippen LogP contribution in [0.5, 0.6) is 5.75 Å². The second kappa shape index (κ2) is 6.75. The molecule has 0 saturated heterocycles. The zero-order chi connectivity index (χ0) is 19.0. The number of hydrogen-bond donors (Lipinski definition) is 2. The summed E-state index contributed by atoms with van der Waals surface area (Å²) < 4.78 is 6.42. The largest absolute Gasteiger partial charge is 0.496 e. The molecule has 26 heavy (non-hydrogen) atoms. The number of thiazole rings is 1. The molecular formula is C17H19N5O3S. The highest BCUT2D eigenvalue weighted by molar-refractivity contribution is 7.16. The minimum absolute atomic E-state index is 0.0524. The van der Waals surface area contributed by atoms with E-state index in [0.29, 0.717) is 5.13 Å². The molecule has 0 bridgehead atoms. The van der Waals surface area contributed by atoms with Crippen molar-refractivity contribution in [2.45, 2.75) is 20.8 Å². The Morgan fingerprint density at radius 2 is 2.00 bits per heavy atom. The summed E-state index contributed by atoms with van der Waals surface area (Å²) in [5.41, 5.74) is 3.40. The molecule has 136 valence electrons. The Morgan fingerprint density at radius 1 is 1.27 bits per heavy atom. The molecule has 3 aromatic rings. The summed E-state index contributed by atoms with van der Waals surface area (Å²) in [6, 6.07) is 4.00. The highest BCUT2D eigenvalue weighted by Gasteiger charge is 2.18. The average Bonchev–Trinajstić information content (AvgIpc) is 3.11. The van der Waals surface area contributed by atoms with Gasteiger partial charge in [0.2, 0.25) is 5.82 Å². The number of amides is 1. The molecule has 0 spiro atoms. The first-order valence-electron chi connectivity index (χ1n) is 7.88. The zero-order valence-corrected chi connectivity index (χ0v) is 15.9. The molecule has 0 atom stereocenters. The number of aromatic amines is 1. The average molecular weight is 373 g/mol. The van der Waals surface area contributed by atoms with Gasteiger partial charge in [-0.15, -0.1) is 16.4 Å². The SMILES string of the molecule is COc1cc(C)c(-c2nc(NC(=O)c3nn(C)c(=O)[nH]3)sc2C)cc1C. The number of hydrogen-bond acceptors (Lipinski definition) is 6. The fourth-order valence-corrected chi connectivity index (χ4v) is 3.45. The molecule has 0 aliphatic carbocycles. The lowest BCUT2D eigenvalue weighted by Gasteiger charge is -2.10. The smallest absolute Gasteiger partial charge is 0.343 e. The first-order valence-corrected chi connectivity index (χ1v) is 8.69. The molecule has 0 aliphatic heterocycles. The molecule has 2 aromatic heterocycles. The van der Waals surface area contributed by atoms with Gasteiger partial charge in [0.1, 0.15) is 5.75 Å². The van der Waals surface area contributed by atoms with E-state index in [1.807, 2.05) is 32.9 Å². The first kappa shape index (κ1) is 17.9. The van der Waals surface area contributed by atoms with Crippen molar-refractivity contribution in [3.05, 3.63) is 44.4 Å². The number of benzene rings is 1. The molecule has 2 N–H and O–H groups in total. The standard InChI is InChI=1S/C17H19N5O3S/c1-8-7-12(25-5)9(2)6-11(8)13-10(3)26-16(18-13)20-15(23)14-19-17(24)22(4)21-14/h6-7H,1-5H3,(H,18,20,23)(H,19,21,24). The van der Waals surface area contributed by atoms with Crippen molar-refractivity contribution in [1.82, 2.24) is 19.7 Å². The molecule has 0 saturated carbocycles. The summed E-state index contributed by atoms with van der Waals surface area (Å²) >= 11 is 1.37. The molecule has 1 amide bonds. The summed E-state index contributed by atoms with van der Waals surface area (Å²) in [6.45, 7) is 5.92. The van der Waals surface area contributed by atoms with E-state index < -0.39 is 11.6 Å². The molecule has 2 heterocycles. The van der Waals surface area contributed by atoms with Crippen molar-refractivity contribution in [3.63, 3.8) is 0 Å². The van der Waals surface area contributed by atoms with Crippen molar-refractivity contribution < 1.29 is 9.53 Å². The van der Waals surface area contributed by atoms with Gasteiger partial charge in [0, 0.05) is 17.5 Å². The Kier molecular flexibility index (Phi) is 4.64. The third-order valence-electron chi connectivity index (χ3n) is 4.00. The Hall–Kier alpha value is -2.94. The molecular weight excluding hydrogens is 354 g/mol. The molecule has 0 unspecified atom stereocenters. The summed E-state index contributed by atoms with van der Waals surface area (Å²) in [7, 11) is 3.11. The van der Waals surface area contributed by atoms with Gasteiger partial charge in [-0.25, -0.2) is 14.5 Å². The molecule has 0 fully saturated rings. The topological polar surface area (TPSA) is 102 Å². The number of methoxy groups -OCH3 is 1. The lowest BCUT2D eigenvalue weighted by Crippen LogP contribution is -2.14. The summed E-state index contributed by atoms with van der Waals surface area (Å²) in [6.07, 6.45) is 0. The first-order chi connectivity index (χ1) is 12.3. The van der Waals surface area contributed by atoms with Crippen molar-refractivity contribution >= 4 is 22.4 Å². The molecule has 9 heteroatoms. The van der Waals surface area contributed by atoms with Crippen LogP contribution in [0.2, 0.25) is 0 Å². The third kappa shape index (κ3) is 3.25. The number of aromatic nitrogens is 4. The van der Waals surface area contributed by atoms with E-state index in [1.54, 1.807) is 7.11 Å². The summed E-state index contributed by atoms with van der Waals surface area (Å²) in [5, 5.41) is 6.97. The van der Waals surface area contributed by atoms with Gasteiger partial charge in [0.25, 0.3) is 5.91 Å². The molecule has 1 aromatic carbocycles. The van der Waals surface area contributed by atoms with E-state index in [-0.39, 0.29) is 5.82 Å². The van der Waals surface area contributed by atoms with Gasteiger partial charge in [-0.2, -0.15) is 0 Å². The van der Waals surface area contributed by atoms with Gasteiger partial charge in [-0.05, 0) is 44.0 Å². The van der Waals surface area contributed by atoms with Gasteiger partial charge in [0.05, 0.1) is 12.8 Å². The lowest BCUT2D eigenvalue weighted by molar-refractivity contribution is 0.101. The Balaban J connectivity index is 1.91. The second-order valence-electron chi connectivity index (χ2n) is 5.92. The highest BCUT2D eigenvalue weighted by Crippen LogP contribution is 2.35. The van der Waals surface area contributed by atoms with Gasteiger partial charge in [-0.1, -0.05) is 0 Å². The maximum atomic E-state index is 12.2. The molecule has 3 rings (SSSR count). The number of aryl methyl sites for hydroxylation is 4. The van der Waals surface area contributed by atoms with Crippen LogP contribution in [0.4, 0.5) is 5.13 Å². The van der Waals surface area contributed by atoms with Crippen LogP contribution >= 0.6 is 11.3 Å². The van der Waals surface area contributed by atoms with E-state index in [0.717, 1.165) is 37.7 Å². The predicted octanol–water partition coefficient (Wildman–Crippen LogP) is 2.42. The van der Waals surface area contributed by atoms with Crippen molar-refractivity contribution in [3.8, 4) is 17.0 Å². The number of rotatable bonds is 4. The number of nitrogens with zero attached hydrogens (tertiary/aromatic N) is 3. The second-order valence-corrected chi connectivity index (χ2v) is 7.12. The quantitative estimate of drug-likeness (QED) is 0.731. The predicted molar refractivity (Wildman–Crippen MR) is 100 cm³/mol. The van der Waals surface area contributed by atoms with Crippen LogP contribution in [-0.2, 0) is 7.05 Å². The third-order valence-corrected chi connectivity index (χ3v) is 4.88. The Bertz CT molecular complexity index is 1050. The number of anilines is 1. The Labute approximate surface area is 153 Å². The van der Waals surface area contributed by atoms with Crippen LogP contribution in [0, 0.1) is 20.8 Å². The van der Waals surface area contributed by atoms with Crippen molar-refractivity contribution in [2.24, 2.45) is 7.05 Å². The van der Waals surface area contributed by atoms with E-state index in [4.69, 9.17) is 4.74 Å². The normalized spacial score (nSPS) is 10.8. The number of nitrogens with one attached hydrogen (secondary N) is 2. The molecule has 8 nitrogen and oxygen atoms in total. The van der Waals surface area contributed by atoms with Crippen LogP contribution in [0.3, 0.4) is 0 Å². The van der Waals surface area contributed by atoms with Gasteiger partial charge >= 0.3 is 5.69 Å². The van der Waals surface area contributed by atoms with Crippen molar-refractivity contribution in [1.29, 1.82) is 0 Å². The number of H-pyrrole nitrogens is 1. The van der Waals surface area contributed by atoms with Crippen LogP contribution in [0.25, 0.3) is 11.3 Å². The van der Waals surface area contributed by atoms with Crippen molar-refractivity contribution in [2.75, 3.05) is 12.4 Å². The van der Waals surface area contributed by atoms with Gasteiger partial charge in [0.15, 0.2) is 5.13 Å². The number of ether oxygens (including phenoxy) is 1. The number of carbonyl (C=O) groups excluding carboxylic acids is 1. The van der Waals surface area contributed by atoms with Crippen LogP contribution in [0.1, 0.15) is 26.6 Å². The maximum Gasteiger partial charge on any atom is 0.343 e. The summed E-state index contributed by atoms with van der Waals surface area (Å²) in [4.78, 5) is 31.6. The monoisotopic (exact) mass is 373 g/mol. The minimum Gasteiger partial charge on any atom is -0.496 e. The van der Waals surface area contributed by atoms with E-state index in [1.165, 1.54) is 18.4 Å². The van der Waals surface area contributed by atoms with Crippen LogP contribution < -0.4 is 15.7 Å². The Morgan fingerprint density at radius 3 is 2.62 bits per heavy atom. The molecule has 0 aliphatic rings.